The van der Waals surface area contributed by atoms with E-state index >= 15 is 0 Å². The first-order chi connectivity index (χ1) is 11.6. The SMILES string of the molecule is CC(C)(N)S.CCC(C)c1ccc2c(N)c3ccccc3c(N)c2c1. The molecule has 0 saturated heterocycles. The second kappa shape index (κ2) is 7.54. The van der Waals surface area contributed by atoms with Gasteiger partial charge in [-0.05, 0) is 37.8 Å². The molecule has 0 aliphatic carbocycles. The zero-order chi connectivity index (χ0) is 18.8. The van der Waals surface area contributed by atoms with E-state index in [4.69, 9.17) is 17.2 Å². The summed E-state index contributed by atoms with van der Waals surface area (Å²) in [5.41, 5.74) is 20.9. The second-order valence-corrected chi connectivity index (χ2v) is 8.29. The first kappa shape index (κ1) is 19.4. The first-order valence-corrected chi connectivity index (χ1v) is 9.08. The van der Waals surface area contributed by atoms with Gasteiger partial charge in [-0.15, -0.1) is 0 Å². The van der Waals surface area contributed by atoms with Gasteiger partial charge in [0.2, 0.25) is 0 Å². The third-order valence-electron chi connectivity index (χ3n) is 4.31. The molecule has 0 radical (unpaired) electrons. The highest BCUT2D eigenvalue weighted by molar-refractivity contribution is 7.81. The predicted octanol–water partition coefficient (Wildman–Crippen LogP) is 5.28. The Morgan fingerprint density at radius 2 is 1.36 bits per heavy atom. The van der Waals surface area contributed by atoms with Gasteiger partial charge in [0.25, 0.3) is 0 Å². The molecule has 0 spiro atoms. The molecule has 134 valence electrons. The van der Waals surface area contributed by atoms with Gasteiger partial charge in [-0.1, -0.05) is 50.2 Å². The van der Waals surface area contributed by atoms with Crippen LogP contribution >= 0.6 is 12.6 Å². The average Bonchev–Trinajstić information content (AvgIpc) is 2.57. The van der Waals surface area contributed by atoms with Crippen molar-refractivity contribution in [3.63, 3.8) is 0 Å². The van der Waals surface area contributed by atoms with Gasteiger partial charge >= 0.3 is 0 Å². The van der Waals surface area contributed by atoms with E-state index < -0.39 is 0 Å². The van der Waals surface area contributed by atoms with Crippen LogP contribution in [0.3, 0.4) is 0 Å². The summed E-state index contributed by atoms with van der Waals surface area (Å²) in [5, 5.41) is 4.19. The maximum absolute atomic E-state index is 6.38. The molecule has 0 amide bonds. The standard InChI is InChI=1S/C18H20N2.C3H9NS/c1-3-11(2)12-8-9-15-16(10-12)18(20)14-7-5-4-6-13(14)17(15)19;1-3(2,4)5/h4-11H,3,19-20H2,1-2H3;5H,4H2,1-2H3. The Kier molecular flexibility index (Phi) is 5.86. The van der Waals surface area contributed by atoms with Gasteiger partial charge < -0.3 is 17.2 Å². The van der Waals surface area contributed by atoms with Crippen molar-refractivity contribution >= 4 is 45.5 Å². The fraction of sp³-hybridized carbons (Fsp3) is 0.333. The van der Waals surface area contributed by atoms with E-state index in [9.17, 15) is 0 Å². The number of fused-ring (bicyclic) bond motifs is 2. The second-order valence-electron chi connectivity index (χ2n) is 7.14. The zero-order valence-corrected chi connectivity index (χ0v) is 16.4. The minimum absolute atomic E-state index is 0.306. The smallest absolute Gasteiger partial charge is 0.0533 e. The molecule has 3 aromatic rings. The van der Waals surface area contributed by atoms with Crippen LogP contribution in [0.1, 0.15) is 45.6 Å². The maximum atomic E-state index is 6.38. The van der Waals surface area contributed by atoms with Gasteiger partial charge in [0.15, 0.2) is 0 Å². The van der Waals surface area contributed by atoms with E-state index in [2.05, 4.69) is 44.7 Å². The van der Waals surface area contributed by atoms with Gasteiger partial charge in [-0.25, -0.2) is 0 Å². The molecule has 1 atom stereocenters. The third kappa shape index (κ3) is 4.59. The number of benzene rings is 3. The predicted molar refractivity (Wildman–Crippen MR) is 116 cm³/mol. The normalized spacial score (nSPS) is 12.7. The Labute approximate surface area is 156 Å². The Morgan fingerprint density at radius 1 is 0.920 bits per heavy atom. The molecule has 0 fully saturated rings. The van der Waals surface area contributed by atoms with Crippen LogP contribution in [0.4, 0.5) is 11.4 Å². The van der Waals surface area contributed by atoms with Gasteiger partial charge in [0.05, 0.1) is 4.87 Å². The summed E-state index contributed by atoms with van der Waals surface area (Å²) in [7, 11) is 0. The van der Waals surface area contributed by atoms with E-state index in [0.717, 1.165) is 39.3 Å². The van der Waals surface area contributed by atoms with Crippen molar-refractivity contribution in [2.45, 2.75) is 44.9 Å². The molecule has 0 aromatic heterocycles. The quantitative estimate of drug-likeness (QED) is 0.166. The average molecular weight is 356 g/mol. The number of nitrogens with two attached hydrogens (primary N) is 3. The monoisotopic (exact) mass is 355 g/mol. The minimum Gasteiger partial charge on any atom is -0.398 e. The molecule has 3 nitrogen and oxygen atoms in total. The zero-order valence-electron chi connectivity index (χ0n) is 15.5. The van der Waals surface area contributed by atoms with Gasteiger partial charge in [-0.3, -0.25) is 0 Å². The Bertz CT molecular complexity index is 876. The molecule has 0 bridgehead atoms. The van der Waals surface area contributed by atoms with Crippen molar-refractivity contribution in [1.29, 1.82) is 0 Å². The Balaban J connectivity index is 0.000000399. The fourth-order valence-electron chi connectivity index (χ4n) is 2.80. The molecule has 4 heteroatoms. The lowest BCUT2D eigenvalue weighted by Gasteiger charge is -2.15. The highest BCUT2D eigenvalue weighted by Gasteiger charge is 2.11. The van der Waals surface area contributed by atoms with Crippen LogP contribution in [0.15, 0.2) is 42.5 Å². The van der Waals surface area contributed by atoms with Crippen molar-refractivity contribution in [3.8, 4) is 0 Å². The number of nitrogen functional groups attached to an aromatic ring is 2. The Morgan fingerprint density at radius 3 is 1.84 bits per heavy atom. The van der Waals surface area contributed by atoms with E-state index in [-0.39, 0.29) is 4.87 Å². The molecular formula is C21H29N3S. The number of rotatable bonds is 2. The van der Waals surface area contributed by atoms with E-state index in [1.54, 1.807) is 0 Å². The summed E-state index contributed by atoms with van der Waals surface area (Å²) >= 11 is 3.90. The van der Waals surface area contributed by atoms with Crippen LogP contribution in [0.2, 0.25) is 0 Å². The molecule has 0 heterocycles. The molecule has 3 rings (SSSR count). The van der Waals surface area contributed by atoms with Crippen molar-refractivity contribution in [1.82, 2.24) is 0 Å². The summed E-state index contributed by atoms with van der Waals surface area (Å²) in [6, 6.07) is 14.5. The molecule has 0 aliphatic rings. The lowest BCUT2D eigenvalue weighted by Crippen LogP contribution is -2.22. The molecule has 0 aliphatic heterocycles. The summed E-state index contributed by atoms with van der Waals surface area (Å²) in [5.74, 6) is 0.534. The number of hydrogen-bond donors (Lipinski definition) is 4. The topological polar surface area (TPSA) is 78.1 Å². The van der Waals surface area contributed by atoms with Crippen LogP contribution in [0.5, 0.6) is 0 Å². The lowest BCUT2D eigenvalue weighted by molar-refractivity contribution is 0.735. The van der Waals surface area contributed by atoms with Crippen LogP contribution in [-0.2, 0) is 0 Å². The minimum atomic E-state index is -0.306. The van der Waals surface area contributed by atoms with Crippen molar-refractivity contribution in [3.05, 3.63) is 48.0 Å². The maximum Gasteiger partial charge on any atom is 0.0533 e. The van der Waals surface area contributed by atoms with Crippen molar-refractivity contribution < 1.29 is 0 Å². The molecular weight excluding hydrogens is 326 g/mol. The van der Waals surface area contributed by atoms with Crippen LogP contribution < -0.4 is 17.2 Å². The highest BCUT2D eigenvalue weighted by Crippen LogP contribution is 2.37. The number of anilines is 2. The summed E-state index contributed by atoms with van der Waals surface area (Å²) in [6.07, 6.45) is 1.12. The van der Waals surface area contributed by atoms with Gasteiger partial charge in [-0.2, -0.15) is 12.6 Å². The van der Waals surface area contributed by atoms with Crippen molar-refractivity contribution in [2.24, 2.45) is 5.73 Å². The van der Waals surface area contributed by atoms with Gasteiger partial charge in [0, 0.05) is 32.9 Å². The summed E-state index contributed by atoms with van der Waals surface area (Å²) in [6.45, 7) is 8.10. The van der Waals surface area contributed by atoms with Crippen molar-refractivity contribution in [2.75, 3.05) is 11.5 Å². The number of hydrogen-bond acceptors (Lipinski definition) is 4. The highest BCUT2D eigenvalue weighted by atomic mass is 32.1. The largest absolute Gasteiger partial charge is 0.398 e. The molecule has 0 saturated carbocycles. The molecule has 25 heavy (non-hydrogen) atoms. The lowest BCUT2D eigenvalue weighted by atomic mass is 9.92. The van der Waals surface area contributed by atoms with Crippen LogP contribution in [-0.4, -0.2) is 4.87 Å². The van der Waals surface area contributed by atoms with Crippen LogP contribution in [0, 0.1) is 0 Å². The molecule has 3 aromatic carbocycles. The fourth-order valence-corrected chi connectivity index (χ4v) is 2.80. The summed E-state index contributed by atoms with van der Waals surface area (Å²) in [4.78, 5) is -0.306. The third-order valence-corrected chi connectivity index (χ3v) is 4.31. The van der Waals surface area contributed by atoms with E-state index in [0.29, 0.717) is 5.92 Å². The summed E-state index contributed by atoms with van der Waals surface area (Å²) < 4.78 is 0. The molecule has 6 N–H and O–H groups in total. The number of thiol groups is 1. The first-order valence-electron chi connectivity index (χ1n) is 8.64. The molecule has 1 unspecified atom stereocenters. The van der Waals surface area contributed by atoms with E-state index in [1.165, 1.54) is 5.56 Å². The van der Waals surface area contributed by atoms with Gasteiger partial charge in [0.1, 0.15) is 0 Å². The van der Waals surface area contributed by atoms with E-state index in [1.807, 2.05) is 38.1 Å². The Hall–Kier alpha value is -1.91. The van der Waals surface area contributed by atoms with Crippen LogP contribution in [0.25, 0.3) is 21.5 Å².